The van der Waals surface area contributed by atoms with Crippen LogP contribution in [0.3, 0.4) is 0 Å². The van der Waals surface area contributed by atoms with E-state index in [1.807, 2.05) is 11.9 Å². The molecule has 1 N–H and O–H groups in total. The number of hydrogen-bond donors (Lipinski definition) is 1. The Morgan fingerprint density at radius 2 is 1.75 bits per heavy atom. The van der Waals surface area contributed by atoms with Crippen molar-refractivity contribution in [2.45, 2.75) is 51.0 Å². The van der Waals surface area contributed by atoms with Gasteiger partial charge in [0.15, 0.2) is 0 Å². The van der Waals surface area contributed by atoms with Crippen LogP contribution < -0.4 is 10.2 Å². The van der Waals surface area contributed by atoms with Gasteiger partial charge in [-0.2, -0.15) is 0 Å². The Kier molecular flexibility index (Phi) is 6.80. The van der Waals surface area contributed by atoms with E-state index < -0.39 is 0 Å². The summed E-state index contributed by atoms with van der Waals surface area (Å²) >= 11 is 6.13. The number of rotatable bonds is 5. The lowest BCUT2D eigenvalue weighted by atomic mass is 9.94. The fourth-order valence-corrected chi connectivity index (χ4v) is 4.72. The molecule has 0 atom stereocenters. The van der Waals surface area contributed by atoms with Crippen molar-refractivity contribution < 1.29 is 14.4 Å². The minimum atomic E-state index is -0.324. The van der Waals surface area contributed by atoms with Crippen molar-refractivity contribution in [1.82, 2.24) is 4.90 Å². The standard InChI is InChI=1S/C25H28ClN3O3/c1-28(20-6-3-2-4-7-20)25(32)17-9-12-19(13-10-17)27-24(31)21-14-11-18(26)16-22(21)29-15-5-8-23(29)30/h9-14,16,20H,2-8,15H2,1H3,(H,27,31). The molecule has 1 heterocycles. The largest absolute Gasteiger partial charge is 0.339 e. The van der Waals surface area contributed by atoms with Gasteiger partial charge < -0.3 is 15.1 Å². The van der Waals surface area contributed by atoms with Gasteiger partial charge in [-0.05, 0) is 61.7 Å². The lowest BCUT2D eigenvalue weighted by Crippen LogP contribution is -2.38. The van der Waals surface area contributed by atoms with Crippen LogP contribution in [-0.2, 0) is 4.79 Å². The Morgan fingerprint density at radius 3 is 2.41 bits per heavy atom. The number of carbonyl (C=O) groups excluding carboxylic acids is 3. The maximum Gasteiger partial charge on any atom is 0.257 e. The molecule has 1 aliphatic heterocycles. The van der Waals surface area contributed by atoms with Crippen molar-refractivity contribution in [2.75, 3.05) is 23.8 Å². The van der Waals surface area contributed by atoms with E-state index in [1.165, 1.54) is 19.3 Å². The van der Waals surface area contributed by atoms with E-state index in [-0.39, 0.29) is 17.7 Å². The molecule has 32 heavy (non-hydrogen) atoms. The highest BCUT2D eigenvalue weighted by Crippen LogP contribution is 2.29. The van der Waals surface area contributed by atoms with Crippen LogP contribution in [0.2, 0.25) is 5.02 Å². The van der Waals surface area contributed by atoms with E-state index in [4.69, 9.17) is 11.6 Å². The lowest BCUT2D eigenvalue weighted by molar-refractivity contribution is -0.117. The van der Waals surface area contributed by atoms with Gasteiger partial charge >= 0.3 is 0 Å². The van der Waals surface area contributed by atoms with Crippen molar-refractivity contribution in [3.05, 3.63) is 58.6 Å². The molecule has 2 aliphatic rings. The molecule has 2 fully saturated rings. The fraction of sp³-hybridized carbons (Fsp3) is 0.400. The number of benzene rings is 2. The Bertz CT molecular complexity index is 1020. The molecule has 2 aromatic rings. The predicted molar refractivity (Wildman–Crippen MR) is 126 cm³/mol. The maximum absolute atomic E-state index is 13.0. The van der Waals surface area contributed by atoms with Gasteiger partial charge in [-0.15, -0.1) is 0 Å². The minimum absolute atomic E-state index is 0.00214. The van der Waals surface area contributed by atoms with Gasteiger partial charge in [0, 0.05) is 42.3 Å². The average molecular weight is 454 g/mol. The first-order valence-corrected chi connectivity index (χ1v) is 11.6. The molecular formula is C25H28ClN3O3. The summed E-state index contributed by atoms with van der Waals surface area (Å²) in [7, 11) is 1.87. The van der Waals surface area contributed by atoms with Gasteiger partial charge in [-0.1, -0.05) is 30.9 Å². The molecule has 1 saturated heterocycles. The van der Waals surface area contributed by atoms with Gasteiger partial charge in [0.25, 0.3) is 11.8 Å². The Balaban J connectivity index is 1.46. The van der Waals surface area contributed by atoms with Crippen molar-refractivity contribution in [1.29, 1.82) is 0 Å². The van der Waals surface area contributed by atoms with Gasteiger partial charge in [-0.25, -0.2) is 0 Å². The smallest absolute Gasteiger partial charge is 0.257 e. The van der Waals surface area contributed by atoms with Crippen LogP contribution in [0.25, 0.3) is 0 Å². The second-order valence-electron chi connectivity index (χ2n) is 8.55. The quantitative estimate of drug-likeness (QED) is 0.682. The summed E-state index contributed by atoms with van der Waals surface area (Å²) in [6.45, 7) is 0.574. The minimum Gasteiger partial charge on any atom is -0.339 e. The van der Waals surface area contributed by atoms with Crippen molar-refractivity contribution in [3.63, 3.8) is 0 Å². The summed E-state index contributed by atoms with van der Waals surface area (Å²) < 4.78 is 0. The van der Waals surface area contributed by atoms with Crippen LogP contribution in [0.5, 0.6) is 0 Å². The van der Waals surface area contributed by atoms with E-state index in [9.17, 15) is 14.4 Å². The number of nitrogens with one attached hydrogen (secondary N) is 1. The van der Waals surface area contributed by atoms with Crippen LogP contribution in [-0.4, -0.2) is 42.3 Å². The van der Waals surface area contributed by atoms with Crippen molar-refractivity contribution in [3.8, 4) is 0 Å². The molecule has 3 amide bonds. The van der Waals surface area contributed by atoms with Crippen molar-refractivity contribution in [2.24, 2.45) is 0 Å². The van der Waals surface area contributed by atoms with E-state index in [0.29, 0.717) is 46.5 Å². The first-order chi connectivity index (χ1) is 15.4. The Morgan fingerprint density at radius 1 is 1.03 bits per heavy atom. The number of halogens is 1. The summed E-state index contributed by atoms with van der Waals surface area (Å²) in [6.07, 6.45) is 6.92. The third kappa shape index (κ3) is 4.80. The SMILES string of the molecule is CN(C(=O)c1ccc(NC(=O)c2ccc(Cl)cc2N2CCCC2=O)cc1)C1CCCCC1. The number of hydrogen-bond acceptors (Lipinski definition) is 3. The molecule has 0 radical (unpaired) electrons. The van der Waals surface area contributed by atoms with Crippen LogP contribution in [0, 0.1) is 0 Å². The van der Waals surface area contributed by atoms with E-state index in [2.05, 4.69) is 5.32 Å². The normalized spacial score (nSPS) is 16.8. The molecule has 0 spiro atoms. The number of nitrogens with zero attached hydrogens (tertiary/aromatic N) is 2. The van der Waals surface area contributed by atoms with Gasteiger partial charge in [0.2, 0.25) is 5.91 Å². The van der Waals surface area contributed by atoms with Crippen LogP contribution >= 0.6 is 11.6 Å². The monoisotopic (exact) mass is 453 g/mol. The summed E-state index contributed by atoms with van der Waals surface area (Å²) in [5.74, 6) is -0.330. The summed E-state index contributed by atoms with van der Waals surface area (Å²) in [5, 5.41) is 3.34. The van der Waals surface area contributed by atoms with Crippen molar-refractivity contribution >= 4 is 40.7 Å². The zero-order valence-corrected chi connectivity index (χ0v) is 19.0. The van der Waals surface area contributed by atoms with Crippen LogP contribution in [0.1, 0.15) is 65.7 Å². The molecule has 4 rings (SSSR count). The zero-order valence-electron chi connectivity index (χ0n) is 18.3. The number of amides is 3. The lowest BCUT2D eigenvalue weighted by Gasteiger charge is -2.31. The molecule has 1 saturated carbocycles. The molecule has 7 heteroatoms. The first-order valence-electron chi connectivity index (χ1n) is 11.2. The Labute approximate surface area is 193 Å². The second-order valence-corrected chi connectivity index (χ2v) is 8.99. The highest BCUT2D eigenvalue weighted by Gasteiger charge is 2.26. The summed E-state index contributed by atoms with van der Waals surface area (Å²) in [5.41, 5.74) is 2.10. The average Bonchev–Trinajstić information content (AvgIpc) is 3.24. The van der Waals surface area contributed by atoms with E-state index in [1.54, 1.807) is 47.4 Å². The third-order valence-corrected chi connectivity index (χ3v) is 6.64. The van der Waals surface area contributed by atoms with Gasteiger partial charge in [0.1, 0.15) is 0 Å². The summed E-state index contributed by atoms with van der Waals surface area (Å²) in [4.78, 5) is 41.5. The topological polar surface area (TPSA) is 69.7 Å². The third-order valence-electron chi connectivity index (χ3n) is 6.40. The molecule has 1 aliphatic carbocycles. The van der Waals surface area contributed by atoms with Gasteiger partial charge in [0.05, 0.1) is 11.3 Å². The Hall–Kier alpha value is -2.86. The molecule has 2 aromatic carbocycles. The predicted octanol–water partition coefficient (Wildman–Crippen LogP) is 5.12. The van der Waals surface area contributed by atoms with E-state index in [0.717, 1.165) is 19.3 Å². The zero-order chi connectivity index (χ0) is 22.7. The molecule has 168 valence electrons. The van der Waals surface area contributed by atoms with Crippen LogP contribution in [0.15, 0.2) is 42.5 Å². The first kappa shape index (κ1) is 22.3. The molecule has 6 nitrogen and oxygen atoms in total. The summed E-state index contributed by atoms with van der Waals surface area (Å²) in [6, 6.07) is 12.2. The molecule has 0 bridgehead atoms. The molecular weight excluding hydrogens is 426 g/mol. The number of carbonyl (C=O) groups is 3. The van der Waals surface area contributed by atoms with E-state index >= 15 is 0 Å². The maximum atomic E-state index is 13.0. The molecule has 0 unspecified atom stereocenters. The van der Waals surface area contributed by atoms with Crippen LogP contribution in [0.4, 0.5) is 11.4 Å². The fourth-order valence-electron chi connectivity index (χ4n) is 4.56. The molecule has 0 aromatic heterocycles. The second kappa shape index (κ2) is 9.74. The van der Waals surface area contributed by atoms with Gasteiger partial charge in [-0.3, -0.25) is 14.4 Å². The number of anilines is 2. The highest BCUT2D eigenvalue weighted by atomic mass is 35.5. The highest BCUT2D eigenvalue weighted by molar-refractivity contribution is 6.31.